The van der Waals surface area contributed by atoms with E-state index >= 15 is 0 Å². The molecular weight excluding hydrogens is 268 g/mol. The maximum atomic E-state index is 11.6. The molecule has 19 heavy (non-hydrogen) atoms. The Morgan fingerprint density at radius 1 is 1.21 bits per heavy atom. The second-order valence-electron chi connectivity index (χ2n) is 3.87. The average molecular weight is 280 g/mol. The standard InChI is InChI=1S/C12H12N2O4S/c13-19(16,17)11-5-3-9(4-6-11)14-12(15)8-10-2-1-7-18-10/h1-7H,8H2,(H,14,15)(H2,13,16,17). The summed E-state index contributed by atoms with van der Waals surface area (Å²) in [4.78, 5) is 11.6. The Hall–Kier alpha value is -2.12. The van der Waals surface area contributed by atoms with Crippen LogP contribution in [0.15, 0.2) is 52.0 Å². The van der Waals surface area contributed by atoms with Gasteiger partial charge in [0.1, 0.15) is 5.76 Å². The van der Waals surface area contributed by atoms with Gasteiger partial charge in [-0.3, -0.25) is 4.79 Å². The Bertz CT molecular complexity index is 660. The van der Waals surface area contributed by atoms with Gasteiger partial charge in [0.2, 0.25) is 15.9 Å². The van der Waals surface area contributed by atoms with E-state index in [-0.39, 0.29) is 17.2 Å². The number of rotatable bonds is 4. The van der Waals surface area contributed by atoms with Crippen LogP contribution in [0.4, 0.5) is 5.69 Å². The lowest BCUT2D eigenvalue weighted by atomic mass is 10.3. The molecule has 0 unspecified atom stereocenters. The average Bonchev–Trinajstić information content (AvgIpc) is 2.81. The predicted octanol–water partition coefficient (Wildman–Crippen LogP) is 1.11. The summed E-state index contributed by atoms with van der Waals surface area (Å²) in [6, 6.07) is 9.00. The molecule has 100 valence electrons. The third-order valence-electron chi connectivity index (χ3n) is 2.38. The van der Waals surface area contributed by atoms with Gasteiger partial charge in [-0.25, -0.2) is 13.6 Å². The number of carbonyl (C=O) groups is 1. The van der Waals surface area contributed by atoms with Crippen LogP contribution in [-0.2, 0) is 21.2 Å². The maximum Gasteiger partial charge on any atom is 0.238 e. The molecule has 0 aliphatic rings. The van der Waals surface area contributed by atoms with Crippen LogP contribution in [0.25, 0.3) is 0 Å². The van der Waals surface area contributed by atoms with Gasteiger partial charge in [0.05, 0.1) is 17.6 Å². The van der Waals surface area contributed by atoms with E-state index in [0.717, 1.165) is 0 Å². The van der Waals surface area contributed by atoms with Crippen LogP contribution in [0, 0.1) is 0 Å². The van der Waals surface area contributed by atoms with Crippen LogP contribution in [0.2, 0.25) is 0 Å². The Labute approximate surface area is 110 Å². The number of hydrogen-bond donors (Lipinski definition) is 2. The number of nitrogens with one attached hydrogen (secondary N) is 1. The highest BCUT2D eigenvalue weighted by atomic mass is 32.2. The summed E-state index contributed by atoms with van der Waals surface area (Å²) in [6.07, 6.45) is 1.60. The Balaban J connectivity index is 2.02. The first-order valence-electron chi connectivity index (χ1n) is 5.40. The zero-order chi connectivity index (χ0) is 13.9. The molecule has 1 aromatic heterocycles. The van der Waals surface area contributed by atoms with Crippen molar-refractivity contribution in [2.24, 2.45) is 5.14 Å². The van der Waals surface area contributed by atoms with Crippen molar-refractivity contribution < 1.29 is 17.6 Å². The van der Waals surface area contributed by atoms with Crippen molar-refractivity contribution in [1.29, 1.82) is 0 Å². The van der Waals surface area contributed by atoms with Crippen molar-refractivity contribution in [2.75, 3.05) is 5.32 Å². The monoisotopic (exact) mass is 280 g/mol. The van der Waals surface area contributed by atoms with Gasteiger partial charge in [-0.1, -0.05) is 0 Å². The number of hydrogen-bond acceptors (Lipinski definition) is 4. The Morgan fingerprint density at radius 3 is 2.42 bits per heavy atom. The van der Waals surface area contributed by atoms with E-state index in [9.17, 15) is 13.2 Å². The van der Waals surface area contributed by atoms with Crippen LogP contribution in [0.3, 0.4) is 0 Å². The minimum absolute atomic E-state index is 0.00321. The van der Waals surface area contributed by atoms with E-state index in [2.05, 4.69) is 5.32 Å². The summed E-state index contributed by atoms with van der Waals surface area (Å²) in [6.45, 7) is 0. The smallest absolute Gasteiger partial charge is 0.238 e. The van der Waals surface area contributed by atoms with Gasteiger partial charge in [-0.15, -0.1) is 0 Å². The highest BCUT2D eigenvalue weighted by Gasteiger charge is 2.09. The molecule has 6 nitrogen and oxygen atoms in total. The van der Waals surface area contributed by atoms with Gasteiger partial charge in [0, 0.05) is 5.69 Å². The first kappa shape index (κ1) is 13.3. The molecular formula is C12H12N2O4S. The van der Waals surface area contributed by atoms with Gasteiger partial charge in [0.15, 0.2) is 0 Å². The summed E-state index contributed by atoms with van der Waals surface area (Å²) in [5, 5.41) is 7.60. The van der Waals surface area contributed by atoms with Crippen LogP contribution in [-0.4, -0.2) is 14.3 Å². The minimum Gasteiger partial charge on any atom is -0.469 e. The van der Waals surface area contributed by atoms with E-state index < -0.39 is 10.0 Å². The Morgan fingerprint density at radius 2 is 1.89 bits per heavy atom. The molecule has 2 aromatic rings. The number of carbonyl (C=O) groups excluding carboxylic acids is 1. The van der Waals surface area contributed by atoms with E-state index in [1.165, 1.54) is 30.5 Å². The largest absolute Gasteiger partial charge is 0.469 e. The van der Waals surface area contributed by atoms with Crippen LogP contribution >= 0.6 is 0 Å². The van der Waals surface area contributed by atoms with Gasteiger partial charge in [0.25, 0.3) is 0 Å². The second-order valence-corrected chi connectivity index (χ2v) is 5.44. The summed E-state index contributed by atoms with van der Waals surface area (Å²) >= 11 is 0. The van der Waals surface area contributed by atoms with Crippen molar-refractivity contribution >= 4 is 21.6 Å². The first-order chi connectivity index (χ1) is 8.95. The first-order valence-corrected chi connectivity index (χ1v) is 6.95. The Kier molecular flexibility index (Phi) is 3.68. The molecule has 0 atom stereocenters. The van der Waals surface area contributed by atoms with Gasteiger partial charge in [-0.2, -0.15) is 0 Å². The summed E-state index contributed by atoms with van der Waals surface area (Å²) < 4.78 is 27.2. The van der Waals surface area contributed by atoms with Gasteiger partial charge >= 0.3 is 0 Å². The minimum atomic E-state index is -3.72. The van der Waals surface area contributed by atoms with Crippen LogP contribution < -0.4 is 10.5 Å². The molecule has 0 bridgehead atoms. The molecule has 0 spiro atoms. The van der Waals surface area contributed by atoms with Crippen molar-refractivity contribution in [3.05, 3.63) is 48.4 Å². The van der Waals surface area contributed by atoms with Crippen molar-refractivity contribution in [3.63, 3.8) is 0 Å². The quantitative estimate of drug-likeness (QED) is 0.875. The highest BCUT2D eigenvalue weighted by Crippen LogP contribution is 2.13. The molecule has 0 saturated carbocycles. The van der Waals surface area contributed by atoms with Gasteiger partial charge < -0.3 is 9.73 Å². The highest BCUT2D eigenvalue weighted by molar-refractivity contribution is 7.89. The van der Waals surface area contributed by atoms with Crippen molar-refractivity contribution in [2.45, 2.75) is 11.3 Å². The normalized spacial score (nSPS) is 11.2. The summed E-state index contributed by atoms with van der Waals surface area (Å²) in [7, 11) is -3.72. The fourth-order valence-electron chi connectivity index (χ4n) is 1.50. The van der Waals surface area contributed by atoms with E-state index in [0.29, 0.717) is 11.4 Å². The SMILES string of the molecule is NS(=O)(=O)c1ccc(NC(=O)Cc2ccco2)cc1. The zero-order valence-electron chi connectivity index (χ0n) is 9.87. The molecule has 1 heterocycles. The molecule has 0 saturated heterocycles. The summed E-state index contributed by atoms with van der Waals surface area (Å²) in [5.74, 6) is 0.303. The lowest BCUT2D eigenvalue weighted by Crippen LogP contribution is -2.15. The van der Waals surface area contributed by atoms with Gasteiger partial charge in [-0.05, 0) is 36.4 Å². The zero-order valence-corrected chi connectivity index (χ0v) is 10.7. The lowest BCUT2D eigenvalue weighted by molar-refractivity contribution is -0.115. The number of sulfonamides is 1. The fourth-order valence-corrected chi connectivity index (χ4v) is 2.02. The third kappa shape index (κ3) is 3.67. The number of primary sulfonamides is 1. The van der Waals surface area contributed by atoms with E-state index in [1.54, 1.807) is 12.1 Å². The third-order valence-corrected chi connectivity index (χ3v) is 3.31. The van der Waals surface area contributed by atoms with Crippen molar-refractivity contribution in [1.82, 2.24) is 0 Å². The molecule has 2 rings (SSSR count). The number of nitrogens with two attached hydrogens (primary N) is 1. The molecule has 7 heteroatoms. The molecule has 0 aliphatic heterocycles. The molecule has 1 aromatic carbocycles. The maximum absolute atomic E-state index is 11.6. The summed E-state index contributed by atoms with van der Waals surface area (Å²) in [5.41, 5.74) is 0.490. The number of anilines is 1. The van der Waals surface area contributed by atoms with Crippen molar-refractivity contribution in [3.8, 4) is 0 Å². The van der Waals surface area contributed by atoms with Crippen LogP contribution in [0.1, 0.15) is 5.76 Å². The van der Waals surface area contributed by atoms with E-state index in [1.807, 2.05) is 0 Å². The number of benzene rings is 1. The molecule has 0 radical (unpaired) electrons. The van der Waals surface area contributed by atoms with Crippen LogP contribution in [0.5, 0.6) is 0 Å². The molecule has 3 N–H and O–H groups in total. The number of amides is 1. The predicted molar refractivity (Wildman–Crippen MR) is 68.9 cm³/mol. The molecule has 0 aliphatic carbocycles. The number of furan rings is 1. The topological polar surface area (TPSA) is 102 Å². The molecule has 1 amide bonds. The fraction of sp³-hybridized carbons (Fsp3) is 0.0833. The van der Waals surface area contributed by atoms with E-state index in [4.69, 9.17) is 9.56 Å². The molecule has 0 fully saturated rings. The lowest BCUT2D eigenvalue weighted by Gasteiger charge is -2.04. The second kappa shape index (κ2) is 5.25.